The van der Waals surface area contributed by atoms with E-state index >= 15 is 0 Å². The molecular formula is C16H19N3O3. The molecule has 0 aromatic heterocycles. The summed E-state index contributed by atoms with van der Waals surface area (Å²) in [6.07, 6.45) is 1.30. The van der Waals surface area contributed by atoms with Crippen LogP contribution < -0.4 is 10.2 Å². The quantitative estimate of drug-likeness (QED) is 0.848. The van der Waals surface area contributed by atoms with Crippen molar-refractivity contribution >= 4 is 29.1 Å². The first-order valence-electron chi connectivity index (χ1n) is 7.52. The molecule has 3 amide bonds. The number of amides is 3. The Bertz CT molecular complexity index is 621. The summed E-state index contributed by atoms with van der Waals surface area (Å²) in [6.45, 7) is 2.82. The van der Waals surface area contributed by atoms with Crippen LogP contribution in [0, 0.1) is 5.92 Å². The van der Waals surface area contributed by atoms with Gasteiger partial charge in [0.05, 0.1) is 11.4 Å². The van der Waals surface area contributed by atoms with Crippen LogP contribution in [-0.4, -0.2) is 42.3 Å². The first kappa shape index (κ1) is 14.6. The highest BCUT2D eigenvalue weighted by Gasteiger charge is 2.33. The molecule has 1 aromatic carbocycles. The van der Waals surface area contributed by atoms with Crippen molar-refractivity contribution in [2.75, 3.05) is 29.9 Å². The van der Waals surface area contributed by atoms with Gasteiger partial charge in [-0.05, 0) is 25.0 Å². The molecule has 3 rings (SSSR count). The van der Waals surface area contributed by atoms with Gasteiger partial charge in [-0.2, -0.15) is 0 Å². The van der Waals surface area contributed by atoms with Crippen molar-refractivity contribution in [2.24, 2.45) is 5.92 Å². The lowest BCUT2D eigenvalue weighted by atomic mass is 9.94. The Morgan fingerprint density at radius 3 is 2.55 bits per heavy atom. The van der Waals surface area contributed by atoms with E-state index in [1.165, 1.54) is 0 Å². The van der Waals surface area contributed by atoms with Crippen LogP contribution in [0.15, 0.2) is 24.3 Å². The van der Waals surface area contributed by atoms with Crippen molar-refractivity contribution in [3.05, 3.63) is 24.3 Å². The van der Waals surface area contributed by atoms with Gasteiger partial charge in [-0.25, -0.2) is 0 Å². The average molecular weight is 301 g/mol. The third kappa shape index (κ3) is 2.68. The van der Waals surface area contributed by atoms with Crippen LogP contribution in [-0.2, 0) is 14.4 Å². The summed E-state index contributed by atoms with van der Waals surface area (Å²) in [4.78, 5) is 39.3. The lowest BCUT2D eigenvalue weighted by Gasteiger charge is -2.35. The first-order chi connectivity index (χ1) is 10.6. The predicted octanol–water partition coefficient (Wildman–Crippen LogP) is 1.23. The third-order valence-electron chi connectivity index (χ3n) is 4.33. The number of carbonyl (C=O) groups is 3. The normalized spacial score (nSPS) is 18.7. The van der Waals surface area contributed by atoms with Gasteiger partial charge in [0, 0.05) is 25.9 Å². The summed E-state index contributed by atoms with van der Waals surface area (Å²) >= 11 is 0. The number of anilines is 2. The van der Waals surface area contributed by atoms with Crippen molar-refractivity contribution < 1.29 is 14.4 Å². The SMILES string of the molecule is CC(=O)N1CCC(C(=O)N2CC(=O)Nc3ccccc32)CC1. The molecule has 2 heterocycles. The van der Waals surface area contributed by atoms with Crippen LogP contribution in [0.5, 0.6) is 0 Å². The molecule has 6 heteroatoms. The second-order valence-corrected chi connectivity index (χ2v) is 5.77. The summed E-state index contributed by atoms with van der Waals surface area (Å²) in [5, 5.41) is 2.78. The van der Waals surface area contributed by atoms with Crippen LogP contribution in [0.2, 0.25) is 0 Å². The Labute approximate surface area is 129 Å². The van der Waals surface area contributed by atoms with Crippen molar-refractivity contribution in [1.29, 1.82) is 0 Å². The summed E-state index contributed by atoms with van der Waals surface area (Å²) in [5.74, 6) is -0.276. The van der Waals surface area contributed by atoms with Gasteiger partial charge in [-0.15, -0.1) is 0 Å². The second-order valence-electron chi connectivity index (χ2n) is 5.77. The Morgan fingerprint density at radius 1 is 1.18 bits per heavy atom. The lowest BCUT2D eigenvalue weighted by Crippen LogP contribution is -2.48. The van der Waals surface area contributed by atoms with E-state index in [-0.39, 0.29) is 30.2 Å². The van der Waals surface area contributed by atoms with Gasteiger partial charge < -0.3 is 15.1 Å². The van der Waals surface area contributed by atoms with Gasteiger partial charge in [-0.1, -0.05) is 12.1 Å². The maximum Gasteiger partial charge on any atom is 0.244 e. The number of hydrogen-bond acceptors (Lipinski definition) is 3. The summed E-state index contributed by atoms with van der Waals surface area (Å²) < 4.78 is 0. The number of piperidine rings is 1. The molecule has 0 bridgehead atoms. The van der Waals surface area contributed by atoms with E-state index in [4.69, 9.17) is 0 Å². The zero-order valence-corrected chi connectivity index (χ0v) is 12.5. The molecule has 1 fully saturated rings. The minimum absolute atomic E-state index is 0.0227. The molecule has 0 atom stereocenters. The van der Waals surface area contributed by atoms with Gasteiger partial charge in [0.2, 0.25) is 17.7 Å². The predicted molar refractivity (Wildman–Crippen MR) is 82.4 cm³/mol. The Kier molecular flexibility index (Phi) is 3.83. The third-order valence-corrected chi connectivity index (χ3v) is 4.33. The fourth-order valence-electron chi connectivity index (χ4n) is 3.09. The van der Waals surface area contributed by atoms with Gasteiger partial charge in [0.25, 0.3) is 0 Å². The van der Waals surface area contributed by atoms with Crippen LogP contribution in [0.1, 0.15) is 19.8 Å². The Hall–Kier alpha value is -2.37. The average Bonchev–Trinajstić information content (AvgIpc) is 2.53. The van der Waals surface area contributed by atoms with Gasteiger partial charge in [-0.3, -0.25) is 14.4 Å². The molecule has 1 saturated heterocycles. The topological polar surface area (TPSA) is 69.7 Å². The number of rotatable bonds is 1. The van der Waals surface area contributed by atoms with E-state index in [1.54, 1.807) is 22.8 Å². The number of carbonyl (C=O) groups excluding carboxylic acids is 3. The van der Waals surface area contributed by atoms with Crippen LogP contribution in [0.3, 0.4) is 0 Å². The monoisotopic (exact) mass is 301 g/mol. The number of para-hydroxylation sites is 2. The van der Waals surface area contributed by atoms with E-state index < -0.39 is 0 Å². The molecule has 6 nitrogen and oxygen atoms in total. The molecule has 2 aliphatic rings. The fraction of sp³-hybridized carbons (Fsp3) is 0.438. The smallest absolute Gasteiger partial charge is 0.244 e. The zero-order chi connectivity index (χ0) is 15.7. The van der Waals surface area contributed by atoms with Crippen molar-refractivity contribution in [3.63, 3.8) is 0 Å². The second kappa shape index (κ2) is 5.79. The maximum absolute atomic E-state index is 12.8. The fourth-order valence-corrected chi connectivity index (χ4v) is 3.09. The standard InChI is InChI=1S/C16H19N3O3/c1-11(20)18-8-6-12(7-9-18)16(22)19-10-15(21)17-13-4-2-3-5-14(13)19/h2-5,12H,6-10H2,1H3,(H,17,21). The van der Waals surface area contributed by atoms with E-state index in [1.807, 2.05) is 18.2 Å². The molecule has 22 heavy (non-hydrogen) atoms. The maximum atomic E-state index is 12.8. The zero-order valence-electron chi connectivity index (χ0n) is 12.5. The number of nitrogens with zero attached hydrogens (tertiary/aromatic N) is 2. The van der Waals surface area contributed by atoms with Gasteiger partial charge >= 0.3 is 0 Å². The van der Waals surface area contributed by atoms with Gasteiger partial charge in [0.15, 0.2) is 0 Å². The molecule has 0 unspecified atom stereocenters. The summed E-state index contributed by atoms with van der Waals surface area (Å²) in [7, 11) is 0. The number of fused-ring (bicyclic) bond motifs is 1. The molecule has 1 aromatic rings. The van der Waals surface area contributed by atoms with Crippen molar-refractivity contribution in [1.82, 2.24) is 4.90 Å². The molecule has 2 aliphatic heterocycles. The molecule has 0 aliphatic carbocycles. The van der Waals surface area contributed by atoms with E-state index in [2.05, 4.69) is 5.32 Å². The van der Waals surface area contributed by atoms with E-state index in [0.29, 0.717) is 31.6 Å². The minimum Gasteiger partial charge on any atom is -0.343 e. The van der Waals surface area contributed by atoms with E-state index in [9.17, 15) is 14.4 Å². The number of hydrogen-bond donors (Lipinski definition) is 1. The molecule has 0 saturated carbocycles. The highest BCUT2D eigenvalue weighted by molar-refractivity contribution is 6.10. The first-order valence-corrected chi connectivity index (χ1v) is 7.52. The molecule has 116 valence electrons. The highest BCUT2D eigenvalue weighted by atomic mass is 16.2. The highest BCUT2D eigenvalue weighted by Crippen LogP contribution is 2.31. The van der Waals surface area contributed by atoms with Crippen LogP contribution in [0.4, 0.5) is 11.4 Å². The van der Waals surface area contributed by atoms with Crippen molar-refractivity contribution in [2.45, 2.75) is 19.8 Å². The molecule has 1 N–H and O–H groups in total. The van der Waals surface area contributed by atoms with Crippen molar-refractivity contribution in [3.8, 4) is 0 Å². The number of nitrogens with one attached hydrogen (secondary N) is 1. The molecule has 0 spiro atoms. The van der Waals surface area contributed by atoms with Crippen LogP contribution >= 0.6 is 0 Å². The summed E-state index contributed by atoms with van der Waals surface area (Å²) in [5.41, 5.74) is 1.43. The van der Waals surface area contributed by atoms with E-state index in [0.717, 1.165) is 5.69 Å². The minimum atomic E-state index is -0.173. The largest absolute Gasteiger partial charge is 0.343 e. The Balaban J connectivity index is 1.76. The molecular weight excluding hydrogens is 282 g/mol. The summed E-state index contributed by atoms with van der Waals surface area (Å²) in [6, 6.07) is 7.33. The van der Waals surface area contributed by atoms with Crippen LogP contribution in [0.25, 0.3) is 0 Å². The number of benzene rings is 1. The number of likely N-dealkylation sites (tertiary alicyclic amines) is 1. The Morgan fingerprint density at radius 2 is 1.86 bits per heavy atom. The molecule has 0 radical (unpaired) electrons. The van der Waals surface area contributed by atoms with Gasteiger partial charge in [0.1, 0.15) is 6.54 Å². The lowest BCUT2D eigenvalue weighted by molar-refractivity contribution is -0.133.